The Morgan fingerprint density at radius 1 is 1.31 bits per heavy atom. The average molecular weight is 222 g/mol. The Kier molecular flexibility index (Phi) is 3.93. The lowest BCUT2D eigenvalue weighted by molar-refractivity contribution is 0.523. The highest BCUT2D eigenvalue weighted by molar-refractivity contribution is 5.02. The Hall–Kier alpha value is -0.900. The highest BCUT2D eigenvalue weighted by atomic mass is 15.3. The molecule has 1 aromatic rings. The van der Waals surface area contributed by atoms with Gasteiger partial charge in [0.25, 0.3) is 0 Å². The molecule has 1 aromatic heterocycles. The van der Waals surface area contributed by atoms with Crippen molar-refractivity contribution < 1.29 is 0 Å². The maximum Gasteiger partial charge on any atom is 0.149 e. The number of nitrogens with zero attached hydrogens (tertiary/aromatic N) is 3. The molecular formula is C12H22N4. The lowest BCUT2D eigenvalue weighted by Crippen LogP contribution is -2.17. The molecule has 0 aliphatic carbocycles. The molecule has 2 heterocycles. The zero-order valence-corrected chi connectivity index (χ0v) is 10.2. The Morgan fingerprint density at radius 3 is 3.00 bits per heavy atom. The van der Waals surface area contributed by atoms with Crippen molar-refractivity contribution in [2.24, 2.45) is 5.73 Å². The van der Waals surface area contributed by atoms with Crippen LogP contribution in [0.1, 0.15) is 63.1 Å². The van der Waals surface area contributed by atoms with E-state index >= 15 is 0 Å². The summed E-state index contributed by atoms with van der Waals surface area (Å²) in [5, 5.41) is 8.56. The third kappa shape index (κ3) is 2.43. The van der Waals surface area contributed by atoms with E-state index in [-0.39, 0.29) is 6.04 Å². The van der Waals surface area contributed by atoms with Gasteiger partial charge < -0.3 is 10.3 Å². The first-order chi connectivity index (χ1) is 7.83. The van der Waals surface area contributed by atoms with Gasteiger partial charge in [-0.1, -0.05) is 26.2 Å². The maximum absolute atomic E-state index is 6.18. The van der Waals surface area contributed by atoms with Gasteiger partial charge in [0.2, 0.25) is 0 Å². The van der Waals surface area contributed by atoms with Crippen LogP contribution in [0.15, 0.2) is 0 Å². The molecule has 1 aliphatic heterocycles. The van der Waals surface area contributed by atoms with Gasteiger partial charge in [-0.2, -0.15) is 0 Å². The van der Waals surface area contributed by atoms with Crippen molar-refractivity contribution in [3.8, 4) is 0 Å². The molecule has 0 saturated heterocycles. The molecule has 4 nitrogen and oxygen atoms in total. The van der Waals surface area contributed by atoms with Gasteiger partial charge in [0.15, 0.2) is 0 Å². The van der Waals surface area contributed by atoms with E-state index in [0.717, 1.165) is 31.0 Å². The van der Waals surface area contributed by atoms with Crippen molar-refractivity contribution in [3.63, 3.8) is 0 Å². The summed E-state index contributed by atoms with van der Waals surface area (Å²) in [6.07, 6.45) is 8.22. The number of aryl methyl sites for hydroxylation is 1. The van der Waals surface area contributed by atoms with Crippen molar-refractivity contribution in [2.75, 3.05) is 0 Å². The topological polar surface area (TPSA) is 56.7 Å². The van der Waals surface area contributed by atoms with Crippen molar-refractivity contribution in [3.05, 3.63) is 11.6 Å². The van der Waals surface area contributed by atoms with E-state index in [4.69, 9.17) is 5.73 Å². The number of nitrogens with two attached hydrogens (primary N) is 1. The molecule has 0 radical (unpaired) electrons. The predicted octanol–water partition coefficient (Wildman–Crippen LogP) is 2.19. The molecule has 0 bridgehead atoms. The van der Waals surface area contributed by atoms with Crippen LogP contribution in [0, 0.1) is 0 Å². The SMILES string of the molecule is CCCCC(N)c1nnc2n1CCCCC2. The normalized spacial score (nSPS) is 17.9. The number of aromatic nitrogens is 3. The Morgan fingerprint density at radius 2 is 2.19 bits per heavy atom. The number of unbranched alkanes of at least 4 members (excludes halogenated alkanes) is 1. The summed E-state index contributed by atoms with van der Waals surface area (Å²) in [6, 6.07) is 0.0688. The smallest absolute Gasteiger partial charge is 0.149 e. The first-order valence-corrected chi connectivity index (χ1v) is 6.50. The summed E-state index contributed by atoms with van der Waals surface area (Å²) in [6.45, 7) is 3.24. The lowest BCUT2D eigenvalue weighted by Gasteiger charge is -2.12. The Labute approximate surface area is 97.2 Å². The fourth-order valence-corrected chi connectivity index (χ4v) is 2.33. The molecule has 0 fully saturated rings. The van der Waals surface area contributed by atoms with Crippen molar-refractivity contribution in [1.29, 1.82) is 0 Å². The van der Waals surface area contributed by atoms with E-state index in [1.807, 2.05) is 0 Å². The van der Waals surface area contributed by atoms with Gasteiger partial charge in [0, 0.05) is 13.0 Å². The van der Waals surface area contributed by atoms with Gasteiger partial charge in [-0.3, -0.25) is 0 Å². The molecule has 0 amide bonds. The van der Waals surface area contributed by atoms with Gasteiger partial charge >= 0.3 is 0 Å². The van der Waals surface area contributed by atoms with Gasteiger partial charge in [0.1, 0.15) is 11.6 Å². The summed E-state index contributed by atoms with van der Waals surface area (Å²) < 4.78 is 2.26. The first-order valence-electron chi connectivity index (χ1n) is 6.50. The molecule has 2 N–H and O–H groups in total. The molecule has 4 heteroatoms. The van der Waals surface area contributed by atoms with Crippen molar-refractivity contribution in [2.45, 2.75) is 64.5 Å². The minimum atomic E-state index is 0.0688. The van der Waals surface area contributed by atoms with Crippen molar-refractivity contribution in [1.82, 2.24) is 14.8 Å². The molecule has 2 rings (SSSR count). The third-order valence-corrected chi connectivity index (χ3v) is 3.34. The maximum atomic E-state index is 6.18. The Bertz CT molecular complexity index is 332. The zero-order valence-electron chi connectivity index (χ0n) is 10.2. The van der Waals surface area contributed by atoms with Gasteiger partial charge in [-0.25, -0.2) is 0 Å². The number of rotatable bonds is 4. The van der Waals surface area contributed by atoms with E-state index in [2.05, 4.69) is 21.7 Å². The number of fused-ring (bicyclic) bond motifs is 1. The zero-order chi connectivity index (χ0) is 11.4. The highest BCUT2D eigenvalue weighted by Gasteiger charge is 2.18. The van der Waals surface area contributed by atoms with E-state index in [0.29, 0.717) is 0 Å². The van der Waals surface area contributed by atoms with Crippen LogP contribution < -0.4 is 5.73 Å². The summed E-state index contributed by atoms with van der Waals surface area (Å²) in [5.74, 6) is 2.14. The third-order valence-electron chi connectivity index (χ3n) is 3.34. The number of hydrogen-bond acceptors (Lipinski definition) is 3. The van der Waals surface area contributed by atoms with Crippen LogP contribution in [0.25, 0.3) is 0 Å². The second-order valence-electron chi connectivity index (χ2n) is 4.69. The predicted molar refractivity (Wildman–Crippen MR) is 64.0 cm³/mol. The number of hydrogen-bond donors (Lipinski definition) is 1. The average Bonchev–Trinajstić information content (AvgIpc) is 2.55. The minimum Gasteiger partial charge on any atom is -0.321 e. The molecule has 1 atom stereocenters. The molecule has 1 aliphatic rings. The van der Waals surface area contributed by atoms with Crippen LogP contribution in [0.5, 0.6) is 0 Å². The molecule has 1 unspecified atom stereocenters. The van der Waals surface area contributed by atoms with Gasteiger partial charge in [0.05, 0.1) is 6.04 Å². The molecular weight excluding hydrogens is 200 g/mol. The molecule has 0 spiro atoms. The van der Waals surface area contributed by atoms with E-state index in [1.165, 1.54) is 32.1 Å². The Balaban J connectivity index is 2.11. The van der Waals surface area contributed by atoms with Crippen LogP contribution >= 0.6 is 0 Å². The fourth-order valence-electron chi connectivity index (χ4n) is 2.33. The standard InChI is InChI=1S/C12H22N4/c1-2-3-7-10(13)12-15-14-11-8-5-4-6-9-16(11)12/h10H,2-9,13H2,1H3. The molecule has 0 aromatic carbocycles. The van der Waals surface area contributed by atoms with E-state index in [9.17, 15) is 0 Å². The summed E-state index contributed by atoms with van der Waals surface area (Å²) in [7, 11) is 0. The monoisotopic (exact) mass is 222 g/mol. The van der Waals surface area contributed by atoms with Gasteiger partial charge in [-0.15, -0.1) is 10.2 Å². The summed E-state index contributed by atoms with van der Waals surface area (Å²) in [5.41, 5.74) is 6.18. The van der Waals surface area contributed by atoms with Crippen LogP contribution in [0.4, 0.5) is 0 Å². The minimum absolute atomic E-state index is 0.0688. The fraction of sp³-hybridized carbons (Fsp3) is 0.833. The highest BCUT2D eigenvalue weighted by Crippen LogP contribution is 2.20. The molecule has 90 valence electrons. The second kappa shape index (κ2) is 5.43. The largest absolute Gasteiger partial charge is 0.321 e. The van der Waals surface area contributed by atoms with E-state index in [1.54, 1.807) is 0 Å². The second-order valence-corrected chi connectivity index (χ2v) is 4.69. The van der Waals surface area contributed by atoms with Gasteiger partial charge in [-0.05, 0) is 19.3 Å². The van der Waals surface area contributed by atoms with E-state index < -0.39 is 0 Å². The molecule has 0 saturated carbocycles. The van der Waals surface area contributed by atoms with Crippen molar-refractivity contribution >= 4 is 0 Å². The van der Waals surface area contributed by atoms with Crippen LogP contribution in [-0.2, 0) is 13.0 Å². The quantitative estimate of drug-likeness (QED) is 0.849. The molecule has 16 heavy (non-hydrogen) atoms. The summed E-state index contributed by atoms with van der Waals surface area (Å²) in [4.78, 5) is 0. The van der Waals surface area contributed by atoms with Crippen LogP contribution in [0.3, 0.4) is 0 Å². The first kappa shape index (κ1) is 11.6. The lowest BCUT2D eigenvalue weighted by atomic mass is 10.1. The van der Waals surface area contributed by atoms with Crippen LogP contribution in [0.2, 0.25) is 0 Å². The summed E-state index contributed by atoms with van der Waals surface area (Å²) >= 11 is 0. The van der Waals surface area contributed by atoms with Crippen LogP contribution in [-0.4, -0.2) is 14.8 Å².